The van der Waals surface area contributed by atoms with Crippen LogP contribution in [0.5, 0.6) is 0 Å². The fourth-order valence-electron chi connectivity index (χ4n) is 1.68. The summed E-state index contributed by atoms with van der Waals surface area (Å²) >= 11 is 0. The van der Waals surface area contributed by atoms with Gasteiger partial charge in [-0.05, 0) is 36.6 Å². The van der Waals surface area contributed by atoms with Crippen LogP contribution in [-0.2, 0) is 10.0 Å². The zero-order valence-corrected chi connectivity index (χ0v) is 13.4. The van der Waals surface area contributed by atoms with Gasteiger partial charge in [0.25, 0.3) is 5.91 Å². The lowest BCUT2D eigenvalue weighted by molar-refractivity contribution is 0.0945. The van der Waals surface area contributed by atoms with E-state index in [2.05, 4.69) is 5.32 Å². The molecule has 1 unspecified atom stereocenters. The average Bonchev–Trinajstić information content (AvgIpc) is 2.45. The quantitative estimate of drug-likeness (QED) is 0.775. The lowest BCUT2D eigenvalue weighted by Crippen LogP contribution is -2.28. The molecule has 21 heavy (non-hydrogen) atoms. The fraction of sp³-hybridized carbons (Fsp3) is 0.500. The highest BCUT2D eigenvalue weighted by atomic mass is 32.2. The van der Waals surface area contributed by atoms with Gasteiger partial charge in [0.1, 0.15) is 0 Å². The molecular weight excluding hydrogens is 292 g/mol. The van der Waals surface area contributed by atoms with Gasteiger partial charge < -0.3 is 10.4 Å². The van der Waals surface area contributed by atoms with Crippen LogP contribution in [0.4, 0.5) is 0 Å². The fourth-order valence-corrected chi connectivity index (χ4v) is 2.58. The molecule has 1 rings (SSSR count). The number of carbonyl (C=O) groups is 1. The summed E-state index contributed by atoms with van der Waals surface area (Å²) in [6, 6.07) is 5.81. The number of benzene rings is 1. The van der Waals surface area contributed by atoms with E-state index >= 15 is 0 Å². The van der Waals surface area contributed by atoms with E-state index in [1.165, 1.54) is 38.4 Å². The Hall–Kier alpha value is -1.44. The van der Waals surface area contributed by atoms with Crippen LogP contribution in [0.2, 0.25) is 0 Å². The van der Waals surface area contributed by atoms with Crippen molar-refractivity contribution >= 4 is 15.9 Å². The highest BCUT2D eigenvalue weighted by Gasteiger charge is 2.17. The first kappa shape index (κ1) is 17.6. The predicted molar refractivity (Wildman–Crippen MR) is 80.5 cm³/mol. The molecule has 1 aromatic rings. The van der Waals surface area contributed by atoms with Crippen LogP contribution in [0.15, 0.2) is 29.2 Å². The van der Waals surface area contributed by atoms with Crippen molar-refractivity contribution in [2.24, 2.45) is 5.92 Å². The highest BCUT2D eigenvalue weighted by Crippen LogP contribution is 2.14. The number of carbonyl (C=O) groups excluding carboxylic acids is 1. The summed E-state index contributed by atoms with van der Waals surface area (Å²) in [5.41, 5.74) is 0.406. The summed E-state index contributed by atoms with van der Waals surface area (Å²) in [5.74, 6) is -0.0686. The highest BCUT2D eigenvalue weighted by molar-refractivity contribution is 7.89. The molecule has 0 saturated carbocycles. The Morgan fingerprint density at radius 2 is 1.86 bits per heavy atom. The molecule has 2 N–H and O–H groups in total. The second kappa shape index (κ2) is 7.53. The van der Waals surface area contributed by atoms with Crippen molar-refractivity contribution in [2.45, 2.75) is 18.2 Å². The predicted octanol–water partition coefficient (Wildman–Crippen LogP) is 0.685. The number of hydrogen-bond acceptors (Lipinski definition) is 4. The summed E-state index contributed by atoms with van der Waals surface area (Å²) in [7, 11) is -0.565. The molecule has 0 heterocycles. The SMILES string of the molecule is CC(CCO)CNC(=O)c1ccc(S(=O)(=O)N(C)C)cc1. The Morgan fingerprint density at radius 3 is 2.33 bits per heavy atom. The topological polar surface area (TPSA) is 86.7 Å². The third-order valence-corrected chi connectivity index (χ3v) is 4.96. The van der Waals surface area contributed by atoms with Gasteiger partial charge in [-0.15, -0.1) is 0 Å². The summed E-state index contributed by atoms with van der Waals surface area (Å²) in [5, 5.41) is 11.6. The van der Waals surface area contributed by atoms with Crippen molar-refractivity contribution in [1.29, 1.82) is 0 Å². The van der Waals surface area contributed by atoms with Crippen LogP contribution in [0.3, 0.4) is 0 Å². The number of nitrogens with zero attached hydrogens (tertiary/aromatic N) is 1. The first-order valence-corrected chi connectivity index (χ1v) is 8.14. The molecular formula is C14H22N2O4S. The van der Waals surface area contributed by atoms with Gasteiger partial charge in [0, 0.05) is 32.8 Å². The van der Waals surface area contributed by atoms with E-state index in [1.54, 1.807) is 0 Å². The zero-order valence-electron chi connectivity index (χ0n) is 12.5. The van der Waals surface area contributed by atoms with Crippen molar-refractivity contribution in [3.63, 3.8) is 0 Å². The van der Waals surface area contributed by atoms with E-state index in [0.29, 0.717) is 18.5 Å². The van der Waals surface area contributed by atoms with Gasteiger partial charge in [0.15, 0.2) is 0 Å². The van der Waals surface area contributed by atoms with Crippen LogP contribution in [0.1, 0.15) is 23.7 Å². The Labute approximate surface area is 125 Å². The minimum atomic E-state index is -3.48. The largest absolute Gasteiger partial charge is 0.396 e. The molecule has 0 spiro atoms. The van der Waals surface area contributed by atoms with Crippen molar-refractivity contribution in [1.82, 2.24) is 9.62 Å². The molecule has 118 valence electrons. The molecule has 0 fully saturated rings. The van der Waals surface area contributed by atoms with Gasteiger partial charge in [-0.25, -0.2) is 12.7 Å². The molecule has 0 bridgehead atoms. The van der Waals surface area contributed by atoms with Gasteiger partial charge in [0.2, 0.25) is 10.0 Å². The first-order chi connectivity index (χ1) is 9.78. The zero-order chi connectivity index (χ0) is 16.0. The Balaban J connectivity index is 2.72. The van der Waals surface area contributed by atoms with Crippen LogP contribution < -0.4 is 5.32 Å². The van der Waals surface area contributed by atoms with Crippen molar-refractivity contribution in [3.05, 3.63) is 29.8 Å². The van der Waals surface area contributed by atoms with Crippen LogP contribution in [0.25, 0.3) is 0 Å². The maximum atomic E-state index is 11.9. The third kappa shape index (κ3) is 4.80. The number of amides is 1. The second-order valence-corrected chi connectivity index (χ2v) is 7.29. The lowest BCUT2D eigenvalue weighted by Gasteiger charge is -2.13. The molecule has 0 saturated heterocycles. The molecule has 1 aromatic carbocycles. The number of rotatable bonds is 7. The van der Waals surface area contributed by atoms with E-state index in [9.17, 15) is 13.2 Å². The maximum Gasteiger partial charge on any atom is 0.251 e. The molecule has 7 heteroatoms. The molecule has 0 aromatic heterocycles. The Morgan fingerprint density at radius 1 is 1.29 bits per heavy atom. The standard InChI is InChI=1S/C14H22N2O4S/c1-11(8-9-17)10-15-14(18)12-4-6-13(7-5-12)21(19,20)16(2)3/h4-7,11,17H,8-10H2,1-3H3,(H,15,18). The molecule has 1 atom stereocenters. The van der Waals surface area contributed by atoms with Crippen molar-refractivity contribution < 1.29 is 18.3 Å². The summed E-state index contributed by atoms with van der Waals surface area (Å²) < 4.78 is 24.9. The summed E-state index contributed by atoms with van der Waals surface area (Å²) in [4.78, 5) is 12.1. The first-order valence-electron chi connectivity index (χ1n) is 6.70. The molecule has 0 aliphatic carbocycles. The smallest absolute Gasteiger partial charge is 0.251 e. The number of aliphatic hydroxyl groups is 1. The monoisotopic (exact) mass is 314 g/mol. The van der Waals surface area contributed by atoms with E-state index in [-0.39, 0.29) is 23.3 Å². The van der Waals surface area contributed by atoms with E-state index in [1.807, 2.05) is 6.92 Å². The maximum absolute atomic E-state index is 11.9. The minimum absolute atomic E-state index is 0.0914. The van der Waals surface area contributed by atoms with Crippen LogP contribution in [-0.4, -0.2) is 51.0 Å². The van der Waals surface area contributed by atoms with Gasteiger partial charge in [-0.2, -0.15) is 0 Å². The molecule has 0 aliphatic rings. The molecule has 1 amide bonds. The molecule has 0 aliphatic heterocycles. The van der Waals surface area contributed by atoms with Gasteiger partial charge in [0.05, 0.1) is 4.90 Å². The molecule has 6 nitrogen and oxygen atoms in total. The second-order valence-electron chi connectivity index (χ2n) is 5.14. The third-order valence-electron chi connectivity index (χ3n) is 3.13. The van der Waals surface area contributed by atoms with E-state index in [4.69, 9.17) is 5.11 Å². The number of sulfonamides is 1. The molecule has 0 radical (unpaired) electrons. The van der Waals surface area contributed by atoms with Crippen molar-refractivity contribution in [3.8, 4) is 0 Å². The van der Waals surface area contributed by atoms with Gasteiger partial charge in [-0.3, -0.25) is 4.79 Å². The van der Waals surface area contributed by atoms with Crippen LogP contribution in [0, 0.1) is 5.92 Å². The Kier molecular flexibility index (Phi) is 6.32. The van der Waals surface area contributed by atoms with E-state index < -0.39 is 10.0 Å². The van der Waals surface area contributed by atoms with Gasteiger partial charge >= 0.3 is 0 Å². The lowest BCUT2D eigenvalue weighted by atomic mass is 10.1. The number of nitrogens with one attached hydrogen (secondary N) is 1. The average molecular weight is 314 g/mol. The number of aliphatic hydroxyl groups excluding tert-OH is 1. The van der Waals surface area contributed by atoms with E-state index in [0.717, 1.165) is 4.31 Å². The summed E-state index contributed by atoms with van der Waals surface area (Å²) in [6.45, 7) is 2.49. The number of hydrogen-bond donors (Lipinski definition) is 2. The normalized spacial score (nSPS) is 13.2. The Bertz CT molecular complexity index is 567. The minimum Gasteiger partial charge on any atom is -0.396 e. The van der Waals surface area contributed by atoms with Gasteiger partial charge in [-0.1, -0.05) is 6.92 Å². The van der Waals surface area contributed by atoms with Crippen molar-refractivity contribution in [2.75, 3.05) is 27.2 Å². The van der Waals surface area contributed by atoms with Crippen LogP contribution >= 0.6 is 0 Å². The summed E-state index contributed by atoms with van der Waals surface area (Å²) in [6.07, 6.45) is 0.625.